The molecule has 0 aromatic heterocycles. The quantitative estimate of drug-likeness (QED) is 0.655. The van der Waals surface area contributed by atoms with Gasteiger partial charge in [-0.3, -0.25) is 11.3 Å². The van der Waals surface area contributed by atoms with Crippen molar-refractivity contribution in [1.82, 2.24) is 5.43 Å². The predicted molar refractivity (Wildman–Crippen MR) is 83.0 cm³/mol. The third kappa shape index (κ3) is 3.51. The summed E-state index contributed by atoms with van der Waals surface area (Å²) in [5.41, 5.74) is 6.32. The summed E-state index contributed by atoms with van der Waals surface area (Å²) in [4.78, 5) is 0. The maximum atomic E-state index is 5.99. The van der Waals surface area contributed by atoms with E-state index in [1.807, 2.05) is 12.1 Å². The number of halogens is 1. The molecular weight excluding hydrogens is 272 g/mol. The molecule has 0 fully saturated rings. The molecule has 0 aliphatic heterocycles. The molecular formula is C16H19ClN2O. The SMILES string of the molecule is COc1cc(Cl)ccc1C(Cc1cccc(C)c1)NN. The van der Waals surface area contributed by atoms with Gasteiger partial charge in [-0.05, 0) is 31.0 Å². The summed E-state index contributed by atoms with van der Waals surface area (Å²) in [6.07, 6.45) is 0.788. The van der Waals surface area contributed by atoms with E-state index in [4.69, 9.17) is 22.2 Å². The van der Waals surface area contributed by atoms with E-state index in [-0.39, 0.29) is 6.04 Å². The van der Waals surface area contributed by atoms with E-state index >= 15 is 0 Å². The van der Waals surface area contributed by atoms with Crippen LogP contribution in [-0.2, 0) is 6.42 Å². The van der Waals surface area contributed by atoms with Crippen LogP contribution in [0.3, 0.4) is 0 Å². The molecule has 20 heavy (non-hydrogen) atoms. The Morgan fingerprint density at radius 2 is 2.05 bits per heavy atom. The molecule has 0 bridgehead atoms. The average Bonchev–Trinajstić information content (AvgIpc) is 2.45. The first kappa shape index (κ1) is 14.9. The lowest BCUT2D eigenvalue weighted by Crippen LogP contribution is -2.29. The van der Waals surface area contributed by atoms with Gasteiger partial charge in [0, 0.05) is 10.6 Å². The fourth-order valence-corrected chi connectivity index (χ4v) is 2.47. The second-order valence-electron chi connectivity index (χ2n) is 4.80. The molecule has 106 valence electrons. The molecule has 2 rings (SSSR count). The number of ether oxygens (including phenoxy) is 1. The van der Waals surface area contributed by atoms with E-state index < -0.39 is 0 Å². The van der Waals surface area contributed by atoms with Crippen molar-refractivity contribution in [1.29, 1.82) is 0 Å². The van der Waals surface area contributed by atoms with Gasteiger partial charge < -0.3 is 4.74 Å². The minimum atomic E-state index is -0.0241. The summed E-state index contributed by atoms with van der Waals surface area (Å²) < 4.78 is 5.39. The van der Waals surface area contributed by atoms with Crippen molar-refractivity contribution >= 4 is 11.6 Å². The molecule has 0 aliphatic rings. The summed E-state index contributed by atoms with van der Waals surface area (Å²) in [7, 11) is 1.63. The molecule has 0 heterocycles. The van der Waals surface area contributed by atoms with Gasteiger partial charge in [0.1, 0.15) is 5.75 Å². The van der Waals surface area contributed by atoms with E-state index in [1.165, 1.54) is 11.1 Å². The van der Waals surface area contributed by atoms with Crippen LogP contribution in [0.1, 0.15) is 22.7 Å². The van der Waals surface area contributed by atoms with Crippen LogP contribution in [0.15, 0.2) is 42.5 Å². The van der Waals surface area contributed by atoms with E-state index in [2.05, 4.69) is 36.6 Å². The van der Waals surface area contributed by atoms with Crippen molar-refractivity contribution in [3.63, 3.8) is 0 Å². The van der Waals surface area contributed by atoms with E-state index in [0.717, 1.165) is 17.7 Å². The lowest BCUT2D eigenvalue weighted by atomic mass is 9.97. The monoisotopic (exact) mass is 290 g/mol. The van der Waals surface area contributed by atoms with Gasteiger partial charge in [0.25, 0.3) is 0 Å². The fourth-order valence-electron chi connectivity index (χ4n) is 2.31. The Hall–Kier alpha value is -1.55. The van der Waals surface area contributed by atoms with E-state index in [0.29, 0.717) is 5.02 Å². The topological polar surface area (TPSA) is 47.3 Å². The zero-order valence-electron chi connectivity index (χ0n) is 11.7. The fraction of sp³-hybridized carbons (Fsp3) is 0.250. The van der Waals surface area contributed by atoms with Crippen LogP contribution in [0, 0.1) is 6.92 Å². The van der Waals surface area contributed by atoms with Gasteiger partial charge in [-0.1, -0.05) is 47.5 Å². The number of nitrogens with one attached hydrogen (secondary N) is 1. The molecule has 2 aromatic carbocycles. The molecule has 3 N–H and O–H groups in total. The lowest BCUT2D eigenvalue weighted by molar-refractivity contribution is 0.399. The molecule has 0 radical (unpaired) electrons. The van der Waals surface area contributed by atoms with Crippen molar-refractivity contribution < 1.29 is 4.74 Å². The second kappa shape index (κ2) is 6.75. The number of hydrogen-bond donors (Lipinski definition) is 2. The lowest BCUT2D eigenvalue weighted by Gasteiger charge is -2.19. The average molecular weight is 291 g/mol. The summed E-state index contributed by atoms with van der Waals surface area (Å²) in [6, 6.07) is 14.0. The summed E-state index contributed by atoms with van der Waals surface area (Å²) in [5.74, 6) is 6.46. The normalized spacial score (nSPS) is 12.2. The maximum absolute atomic E-state index is 5.99. The smallest absolute Gasteiger partial charge is 0.125 e. The van der Waals surface area contributed by atoms with Crippen molar-refractivity contribution in [2.75, 3.05) is 7.11 Å². The Kier molecular flexibility index (Phi) is 5.01. The number of benzene rings is 2. The third-order valence-corrected chi connectivity index (χ3v) is 3.53. The van der Waals surface area contributed by atoms with Crippen LogP contribution >= 0.6 is 11.6 Å². The molecule has 0 aliphatic carbocycles. The molecule has 0 spiro atoms. The van der Waals surface area contributed by atoms with Crippen LogP contribution < -0.4 is 16.0 Å². The number of nitrogens with two attached hydrogens (primary N) is 1. The minimum absolute atomic E-state index is 0.0241. The van der Waals surface area contributed by atoms with Crippen molar-refractivity contribution in [3.8, 4) is 5.75 Å². The van der Waals surface area contributed by atoms with Gasteiger partial charge in [0.2, 0.25) is 0 Å². The zero-order valence-corrected chi connectivity index (χ0v) is 12.4. The van der Waals surface area contributed by atoms with Crippen LogP contribution in [0.4, 0.5) is 0 Å². The molecule has 0 amide bonds. The molecule has 4 heteroatoms. The number of rotatable bonds is 5. The van der Waals surface area contributed by atoms with Gasteiger partial charge >= 0.3 is 0 Å². The first-order chi connectivity index (χ1) is 9.63. The Balaban J connectivity index is 2.28. The Bertz CT molecular complexity index is 586. The Labute approximate surface area is 124 Å². The van der Waals surface area contributed by atoms with Crippen molar-refractivity contribution in [2.45, 2.75) is 19.4 Å². The van der Waals surface area contributed by atoms with Gasteiger partial charge in [0.15, 0.2) is 0 Å². The molecule has 2 aromatic rings. The molecule has 3 nitrogen and oxygen atoms in total. The van der Waals surface area contributed by atoms with E-state index in [9.17, 15) is 0 Å². The maximum Gasteiger partial charge on any atom is 0.125 e. The van der Waals surface area contributed by atoms with Gasteiger partial charge in [0.05, 0.1) is 13.2 Å². The molecule has 0 saturated carbocycles. The number of methoxy groups -OCH3 is 1. The van der Waals surface area contributed by atoms with Crippen LogP contribution in [0.5, 0.6) is 5.75 Å². The van der Waals surface area contributed by atoms with Crippen LogP contribution in [-0.4, -0.2) is 7.11 Å². The Morgan fingerprint density at radius 1 is 1.25 bits per heavy atom. The second-order valence-corrected chi connectivity index (χ2v) is 5.24. The molecule has 1 unspecified atom stereocenters. The van der Waals surface area contributed by atoms with Gasteiger partial charge in [-0.15, -0.1) is 0 Å². The molecule has 0 saturated heterocycles. The highest BCUT2D eigenvalue weighted by Gasteiger charge is 2.15. The number of hydrazine groups is 1. The largest absolute Gasteiger partial charge is 0.496 e. The zero-order chi connectivity index (χ0) is 14.5. The predicted octanol–water partition coefficient (Wildman–Crippen LogP) is 3.40. The highest BCUT2D eigenvalue weighted by atomic mass is 35.5. The van der Waals surface area contributed by atoms with Crippen LogP contribution in [0.2, 0.25) is 5.02 Å². The third-order valence-electron chi connectivity index (χ3n) is 3.29. The first-order valence-electron chi connectivity index (χ1n) is 6.49. The Morgan fingerprint density at radius 3 is 2.70 bits per heavy atom. The highest BCUT2D eigenvalue weighted by Crippen LogP contribution is 2.30. The highest BCUT2D eigenvalue weighted by molar-refractivity contribution is 6.30. The van der Waals surface area contributed by atoms with Gasteiger partial charge in [-0.2, -0.15) is 0 Å². The standard InChI is InChI=1S/C16H19ClN2O/c1-11-4-3-5-12(8-11)9-15(19-18)14-7-6-13(17)10-16(14)20-2/h3-8,10,15,19H,9,18H2,1-2H3. The summed E-state index contributed by atoms with van der Waals surface area (Å²) >= 11 is 5.99. The number of hydrogen-bond acceptors (Lipinski definition) is 3. The van der Waals surface area contributed by atoms with Crippen molar-refractivity contribution in [2.24, 2.45) is 5.84 Å². The number of aryl methyl sites for hydroxylation is 1. The van der Waals surface area contributed by atoms with Crippen LogP contribution in [0.25, 0.3) is 0 Å². The summed E-state index contributed by atoms with van der Waals surface area (Å²) in [6.45, 7) is 2.08. The van der Waals surface area contributed by atoms with E-state index in [1.54, 1.807) is 13.2 Å². The van der Waals surface area contributed by atoms with Crippen molar-refractivity contribution in [3.05, 3.63) is 64.2 Å². The van der Waals surface area contributed by atoms with Gasteiger partial charge in [-0.25, -0.2) is 0 Å². The summed E-state index contributed by atoms with van der Waals surface area (Å²) in [5, 5.41) is 0.650. The minimum Gasteiger partial charge on any atom is -0.496 e. The first-order valence-corrected chi connectivity index (χ1v) is 6.87. The molecule has 1 atom stereocenters.